The minimum absolute atomic E-state index is 0.123. The molecule has 32 heavy (non-hydrogen) atoms. The van der Waals surface area contributed by atoms with Gasteiger partial charge >= 0.3 is 5.97 Å². The van der Waals surface area contributed by atoms with Gasteiger partial charge in [-0.1, -0.05) is 30.8 Å². The summed E-state index contributed by atoms with van der Waals surface area (Å²) in [6.45, 7) is 5.77. The molecule has 0 N–H and O–H groups in total. The van der Waals surface area contributed by atoms with Crippen LogP contribution in [0.2, 0.25) is 0 Å². The predicted molar refractivity (Wildman–Crippen MR) is 121 cm³/mol. The van der Waals surface area contributed by atoms with E-state index in [4.69, 9.17) is 19.4 Å². The molecule has 0 saturated heterocycles. The van der Waals surface area contributed by atoms with E-state index in [1.165, 1.54) is 0 Å². The van der Waals surface area contributed by atoms with Crippen molar-refractivity contribution in [3.63, 3.8) is 0 Å². The Labute approximate surface area is 184 Å². The topological polar surface area (TPSA) is 86.0 Å². The smallest absolute Gasteiger partial charge is 0.333 e. The number of esters is 1. The number of carbonyl (C=O) groups excluding carboxylic acids is 1. The fourth-order valence-corrected chi connectivity index (χ4v) is 3.54. The number of ether oxygens (including phenoxy) is 2. The number of aromatic nitrogens is 2. The Morgan fingerprint density at radius 1 is 1.00 bits per heavy atom. The lowest BCUT2D eigenvalue weighted by Crippen LogP contribution is -2.06. The van der Waals surface area contributed by atoms with Gasteiger partial charge in [-0.05, 0) is 48.4 Å². The van der Waals surface area contributed by atoms with Gasteiger partial charge in [0.05, 0.1) is 23.2 Å². The Morgan fingerprint density at radius 2 is 1.78 bits per heavy atom. The van der Waals surface area contributed by atoms with E-state index >= 15 is 0 Å². The van der Waals surface area contributed by atoms with E-state index in [2.05, 4.69) is 16.8 Å². The molecule has 0 spiro atoms. The Bertz CT molecular complexity index is 1410. The van der Waals surface area contributed by atoms with Gasteiger partial charge in [-0.15, -0.1) is 10.2 Å². The Balaban J connectivity index is 1.57. The summed E-state index contributed by atoms with van der Waals surface area (Å²) >= 11 is 0. The van der Waals surface area contributed by atoms with E-state index in [9.17, 15) is 4.79 Å². The zero-order chi connectivity index (χ0) is 22.1. The molecule has 7 nitrogen and oxygen atoms in total. The maximum absolute atomic E-state index is 11.7. The molecule has 0 aliphatic carbocycles. The third kappa shape index (κ3) is 3.80. The van der Waals surface area contributed by atoms with E-state index in [0.29, 0.717) is 41.2 Å². The summed E-state index contributed by atoms with van der Waals surface area (Å²) < 4.78 is 11.3. The molecule has 0 atom stereocenters. The Hall–Kier alpha value is -4.13. The number of azo groups is 1. The molecule has 2 heterocycles. The monoisotopic (exact) mass is 424 g/mol. The molecular weight excluding hydrogens is 404 g/mol. The zero-order valence-corrected chi connectivity index (χ0v) is 17.5. The van der Waals surface area contributed by atoms with Crippen LogP contribution >= 0.6 is 0 Å². The van der Waals surface area contributed by atoms with Crippen molar-refractivity contribution in [1.29, 1.82) is 0 Å². The first-order valence-electron chi connectivity index (χ1n) is 10.3. The van der Waals surface area contributed by atoms with Crippen molar-refractivity contribution >= 4 is 39.4 Å². The number of fused-ring (bicyclic) bond motifs is 1. The van der Waals surface area contributed by atoms with Gasteiger partial charge in [-0.25, -0.2) is 14.8 Å². The molecule has 3 aromatic carbocycles. The van der Waals surface area contributed by atoms with Gasteiger partial charge < -0.3 is 9.47 Å². The first kappa shape index (κ1) is 19.8. The highest BCUT2D eigenvalue weighted by molar-refractivity contribution is 5.93. The standard InChI is InChI=1S/C25H20N4O3/c1-15(2)25(30)32-14-16-9-10-18-22(13-16)31-12-11-17-5-3-6-19-23(17)27-24-20(26-19)7-4-8-21(24)29-28-18/h3-10,13H,1,11-12,14H2,2H3/b29-28+. The van der Waals surface area contributed by atoms with Crippen molar-refractivity contribution in [2.24, 2.45) is 10.2 Å². The lowest BCUT2D eigenvalue weighted by Gasteiger charge is -2.13. The van der Waals surface area contributed by atoms with Gasteiger partial charge in [0, 0.05) is 12.0 Å². The van der Waals surface area contributed by atoms with Crippen molar-refractivity contribution < 1.29 is 14.3 Å². The molecule has 0 saturated carbocycles. The molecule has 1 aliphatic heterocycles. The quantitative estimate of drug-likeness (QED) is 0.237. The fraction of sp³-hybridized carbons (Fsp3) is 0.160. The minimum Gasteiger partial charge on any atom is -0.491 e. The molecular formula is C25H20N4O3. The lowest BCUT2D eigenvalue weighted by atomic mass is 10.1. The third-order valence-electron chi connectivity index (χ3n) is 5.19. The van der Waals surface area contributed by atoms with Crippen LogP contribution in [0.5, 0.6) is 5.75 Å². The van der Waals surface area contributed by atoms with E-state index in [-0.39, 0.29) is 6.61 Å². The molecule has 2 bridgehead atoms. The number of rotatable bonds is 3. The van der Waals surface area contributed by atoms with Crippen LogP contribution in [0.25, 0.3) is 22.1 Å². The first-order chi connectivity index (χ1) is 15.6. The SMILES string of the molecule is C=C(C)C(=O)OCc1ccc2c(c1)OCCc1cccc3nc4cccc(c4nc13)/N=N/2. The summed E-state index contributed by atoms with van der Waals surface area (Å²) in [4.78, 5) is 21.4. The summed E-state index contributed by atoms with van der Waals surface area (Å²) in [5, 5.41) is 8.87. The molecule has 5 rings (SSSR count). The van der Waals surface area contributed by atoms with Gasteiger partial charge in [-0.3, -0.25) is 0 Å². The Morgan fingerprint density at radius 3 is 2.62 bits per heavy atom. The van der Waals surface area contributed by atoms with Crippen molar-refractivity contribution in [2.45, 2.75) is 20.0 Å². The minimum atomic E-state index is -0.429. The normalized spacial score (nSPS) is 13.8. The summed E-state index contributed by atoms with van der Waals surface area (Å²) in [5.74, 6) is 0.147. The molecule has 0 unspecified atom stereocenters. The van der Waals surface area contributed by atoms with Gasteiger partial charge in [0.15, 0.2) is 0 Å². The summed E-state index contributed by atoms with van der Waals surface area (Å²) in [5.41, 5.74) is 6.58. The highest BCUT2D eigenvalue weighted by Crippen LogP contribution is 2.33. The van der Waals surface area contributed by atoms with Gasteiger partial charge in [-0.2, -0.15) is 0 Å². The lowest BCUT2D eigenvalue weighted by molar-refractivity contribution is -0.140. The fourth-order valence-electron chi connectivity index (χ4n) is 3.54. The van der Waals surface area contributed by atoms with Crippen LogP contribution in [0, 0.1) is 0 Å². The summed E-state index contributed by atoms with van der Waals surface area (Å²) in [6, 6.07) is 17.1. The average Bonchev–Trinajstić information content (AvgIpc) is 2.79. The molecule has 1 aromatic heterocycles. The molecule has 0 radical (unpaired) electrons. The van der Waals surface area contributed by atoms with Crippen LogP contribution in [0.3, 0.4) is 0 Å². The second-order valence-corrected chi connectivity index (χ2v) is 7.61. The zero-order valence-electron chi connectivity index (χ0n) is 17.5. The maximum Gasteiger partial charge on any atom is 0.333 e. The molecule has 0 fully saturated rings. The van der Waals surface area contributed by atoms with Crippen molar-refractivity contribution in [3.8, 4) is 5.75 Å². The highest BCUT2D eigenvalue weighted by atomic mass is 16.5. The second kappa shape index (κ2) is 8.19. The molecule has 7 heteroatoms. The van der Waals surface area contributed by atoms with Crippen molar-refractivity contribution in [1.82, 2.24) is 9.97 Å². The number of hydrogen-bond donors (Lipinski definition) is 0. The van der Waals surface area contributed by atoms with Crippen LogP contribution in [0.4, 0.5) is 11.4 Å². The first-order valence-corrected chi connectivity index (χ1v) is 10.3. The van der Waals surface area contributed by atoms with Crippen LogP contribution < -0.4 is 4.74 Å². The number of hydrogen-bond acceptors (Lipinski definition) is 7. The summed E-state index contributed by atoms with van der Waals surface area (Å²) in [7, 11) is 0. The van der Waals surface area contributed by atoms with E-state index in [1.54, 1.807) is 13.0 Å². The van der Waals surface area contributed by atoms with Gasteiger partial charge in [0.1, 0.15) is 29.2 Å². The molecule has 0 amide bonds. The maximum atomic E-state index is 11.7. The molecule has 1 aliphatic rings. The number of benzene rings is 3. The summed E-state index contributed by atoms with van der Waals surface area (Å²) in [6.07, 6.45) is 0.658. The highest BCUT2D eigenvalue weighted by Gasteiger charge is 2.13. The van der Waals surface area contributed by atoms with Crippen LogP contribution in [-0.2, 0) is 22.6 Å². The van der Waals surface area contributed by atoms with E-state index in [1.807, 2.05) is 48.5 Å². The third-order valence-corrected chi connectivity index (χ3v) is 5.19. The predicted octanol–water partition coefficient (Wildman–Crippen LogP) is 5.75. The average molecular weight is 424 g/mol. The number of para-hydroxylation sites is 2. The second-order valence-electron chi connectivity index (χ2n) is 7.61. The largest absolute Gasteiger partial charge is 0.491 e. The van der Waals surface area contributed by atoms with Gasteiger partial charge in [0.25, 0.3) is 0 Å². The van der Waals surface area contributed by atoms with E-state index in [0.717, 1.165) is 27.7 Å². The van der Waals surface area contributed by atoms with Crippen molar-refractivity contribution in [3.05, 3.63) is 77.9 Å². The Kier molecular flexibility index (Phi) is 5.07. The van der Waals surface area contributed by atoms with Crippen LogP contribution in [-0.4, -0.2) is 22.5 Å². The van der Waals surface area contributed by atoms with Gasteiger partial charge in [0.2, 0.25) is 0 Å². The van der Waals surface area contributed by atoms with Crippen LogP contribution in [0.1, 0.15) is 18.1 Å². The molecule has 158 valence electrons. The van der Waals surface area contributed by atoms with Crippen LogP contribution in [0.15, 0.2) is 77.0 Å². The number of nitrogens with zero attached hydrogens (tertiary/aromatic N) is 4. The number of carbonyl (C=O) groups is 1. The molecule has 4 aromatic rings. The van der Waals surface area contributed by atoms with Crippen molar-refractivity contribution in [2.75, 3.05) is 6.61 Å². The van der Waals surface area contributed by atoms with E-state index < -0.39 is 5.97 Å².